The monoisotopic (exact) mass is 222 g/mol. The summed E-state index contributed by atoms with van der Waals surface area (Å²) in [6, 6.07) is 0. The molecule has 4 bridgehead atoms. The maximum absolute atomic E-state index is 1.64. The van der Waals surface area contributed by atoms with Crippen LogP contribution in [0.1, 0.15) is 51.4 Å². The summed E-state index contributed by atoms with van der Waals surface area (Å²) in [4.78, 5) is 0. The summed E-state index contributed by atoms with van der Waals surface area (Å²) < 4.78 is 0. The van der Waals surface area contributed by atoms with Crippen molar-refractivity contribution in [3.63, 3.8) is 0 Å². The first kappa shape index (κ1) is 9.46. The summed E-state index contributed by atoms with van der Waals surface area (Å²) in [5, 5.41) is 0. The molecule has 4 fully saturated rings. The van der Waals surface area contributed by atoms with Gasteiger partial charge in [-0.1, -0.05) is 12.8 Å². The van der Waals surface area contributed by atoms with Crippen LogP contribution < -0.4 is 0 Å². The van der Waals surface area contributed by atoms with Crippen molar-refractivity contribution in [1.29, 1.82) is 0 Å². The van der Waals surface area contributed by atoms with E-state index in [0.29, 0.717) is 0 Å². The summed E-state index contributed by atoms with van der Waals surface area (Å²) in [6.07, 6.45) is 12.9. The molecule has 4 aliphatic rings. The zero-order valence-electron chi connectivity index (χ0n) is 9.62. The molecule has 1 unspecified atom stereocenters. The Morgan fingerprint density at radius 2 is 1.13 bits per heavy atom. The van der Waals surface area contributed by atoms with Crippen LogP contribution in [0.4, 0.5) is 0 Å². The predicted octanol–water partition coefficient (Wildman–Crippen LogP) is 4.04. The molecule has 0 spiro atoms. The maximum atomic E-state index is 1.64. The fourth-order valence-electron chi connectivity index (χ4n) is 5.17. The molecule has 0 aromatic heterocycles. The Morgan fingerprint density at radius 1 is 0.600 bits per heavy atom. The largest absolute Gasteiger partial charge is 0.115 e. The first-order valence-electron chi connectivity index (χ1n) is 7.14. The summed E-state index contributed by atoms with van der Waals surface area (Å²) in [7, 11) is 1.37. The van der Waals surface area contributed by atoms with Crippen LogP contribution in [-0.2, 0) is 0 Å². The van der Waals surface area contributed by atoms with Gasteiger partial charge in [-0.15, -0.1) is 8.58 Å². The molecule has 4 aliphatic carbocycles. The molecule has 0 amide bonds. The first-order chi connectivity index (χ1) is 7.38. The highest BCUT2D eigenvalue weighted by molar-refractivity contribution is 7.39. The van der Waals surface area contributed by atoms with Gasteiger partial charge >= 0.3 is 0 Å². The van der Waals surface area contributed by atoms with Crippen LogP contribution in [-0.4, -0.2) is 11.3 Å². The molecule has 0 saturated heterocycles. The average molecular weight is 222 g/mol. The van der Waals surface area contributed by atoms with E-state index in [4.69, 9.17) is 0 Å². The lowest BCUT2D eigenvalue weighted by Crippen LogP contribution is -2.19. The van der Waals surface area contributed by atoms with Gasteiger partial charge in [-0.2, -0.15) is 0 Å². The van der Waals surface area contributed by atoms with Crippen molar-refractivity contribution in [1.82, 2.24) is 0 Å². The topological polar surface area (TPSA) is 0 Å². The quantitative estimate of drug-likeness (QED) is 0.618. The standard InChI is InChI=1S/C14H23P/c1-3-11-5-9(1)7-13(11)15-14-8-10-2-4-12(14)6-10/h9-15H,1-8H2/t9-,10+,11+,12-,13-,14+. The smallest absolute Gasteiger partial charge is 0.0203 e. The Balaban J connectivity index is 1.40. The third kappa shape index (κ3) is 1.51. The SMILES string of the molecule is C1C[C@H]2C[C@@H]1C[C@H]2P[C@H]1C[C@H]2CC[C@@H]1C2. The molecule has 0 heterocycles. The molecule has 0 aromatic rings. The van der Waals surface area contributed by atoms with Crippen LogP contribution in [0.2, 0.25) is 0 Å². The molecule has 1 heteroatoms. The molecule has 4 saturated carbocycles. The van der Waals surface area contributed by atoms with Gasteiger partial charge in [-0.25, -0.2) is 0 Å². The highest BCUT2D eigenvalue weighted by Gasteiger charge is 2.44. The van der Waals surface area contributed by atoms with Gasteiger partial charge in [0.2, 0.25) is 0 Å². The van der Waals surface area contributed by atoms with E-state index in [0.717, 1.165) is 0 Å². The van der Waals surface area contributed by atoms with E-state index in [-0.39, 0.29) is 0 Å². The Kier molecular flexibility index (Phi) is 2.18. The second-order valence-corrected chi connectivity index (χ2v) is 8.55. The molecule has 0 radical (unpaired) electrons. The third-order valence-electron chi connectivity index (χ3n) is 5.90. The Bertz CT molecular complexity index is 236. The Morgan fingerprint density at radius 3 is 1.47 bits per heavy atom. The molecule has 0 nitrogen and oxygen atoms in total. The van der Waals surface area contributed by atoms with Crippen LogP contribution in [0.15, 0.2) is 0 Å². The van der Waals surface area contributed by atoms with Gasteiger partial charge in [0.25, 0.3) is 0 Å². The minimum absolute atomic E-state index is 1.17. The van der Waals surface area contributed by atoms with E-state index in [9.17, 15) is 0 Å². The van der Waals surface area contributed by atoms with Gasteiger partial charge in [0.05, 0.1) is 0 Å². The Hall–Kier alpha value is 0.430. The lowest BCUT2D eigenvalue weighted by atomic mass is 10.00. The fraction of sp³-hybridized carbons (Fsp3) is 1.00. The first-order valence-corrected chi connectivity index (χ1v) is 8.30. The van der Waals surface area contributed by atoms with Crippen LogP contribution >= 0.6 is 8.58 Å². The molecule has 4 rings (SSSR count). The number of hydrogen-bond donors (Lipinski definition) is 0. The summed E-state index contributed by atoms with van der Waals surface area (Å²) >= 11 is 0. The fourth-order valence-corrected chi connectivity index (χ4v) is 7.81. The molecule has 0 aliphatic heterocycles. The van der Waals surface area contributed by atoms with E-state index < -0.39 is 0 Å². The van der Waals surface area contributed by atoms with Crippen molar-refractivity contribution in [2.45, 2.75) is 62.7 Å². The van der Waals surface area contributed by atoms with Crippen molar-refractivity contribution >= 4 is 8.58 Å². The van der Waals surface area contributed by atoms with Crippen LogP contribution in [0.25, 0.3) is 0 Å². The van der Waals surface area contributed by atoms with Crippen molar-refractivity contribution in [3.8, 4) is 0 Å². The van der Waals surface area contributed by atoms with Crippen LogP contribution in [0.3, 0.4) is 0 Å². The van der Waals surface area contributed by atoms with Crippen LogP contribution in [0, 0.1) is 23.7 Å². The number of hydrogen-bond acceptors (Lipinski definition) is 0. The van der Waals surface area contributed by atoms with E-state index >= 15 is 0 Å². The van der Waals surface area contributed by atoms with Gasteiger partial charge in [0.1, 0.15) is 0 Å². The van der Waals surface area contributed by atoms with E-state index in [2.05, 4.69) is 0 Å². The average Bonchev–Trinajstić information content (AvgIpc) is 2.96. The van der Waals surface area contributed by atoms with E-state index in [1.807, 2.05) is 0 Å². The molecule has 84 valence electrons. The van der Waals surface area contributed by atoms with Gasteiger partial charge < -0.3 is 0 Å². The minimum Gasteiger partial charge on any atom is -0.115 e. The molecular formula is C14H23P. The zero-order valence-corrected chi connectivity index (χ0v) is 10.6. The summed E-state index contributed by atoms with van der Waals surface area (Å²) in [6.45, 7) is 0. The minimum atomic E-state index is 1.17. The van der Waals surface area contributed by atoms with Crippen molar-refractivity contribution in [2.24, 2.45) is 23.7 Å². The Labute approximate surface area is 95.4 Å². The highest BCUT2D eigenvalue weighted by atomic mass is 31.1. The predicted molar refractivity (Wildman–Crippen MR) is 66.8 cm³/mol. The van der Waals surface area contributed by atoms with E-state index in [1.165, 1.54) is 43.6 Å². The maximum Gasteiger partial charge on any atom is -0.0203 e. The van der Waals surface area contributed by atoms with Crippen molar-refractivity contribution < 1.29 is 0 Å². The van der Waals surface area contributed by atoms with Gasteiger partial charge in [-0.05, 0) is 73.5 Å². The summed E-state index contributed by atoms with van der Waals surface area (Å²) in [5.41, 5.74) is 2.40. The van der Waals surface area contributed by atoms with Gasteiger partial charge in [0, 0.05) is 0 Å². The summed E-state index contributed by atoms with van der Waals surface area (Å²) in [5.74, 6) is 4.72. The second-order valence-electron chi connectivity index (χ2n) is 6.73. The lowest BCUT2D eigenvalue weighted by molar-refractivity contribution is 0.466. The molecule has 0 aromatic carbocycles. The molecule has 15 heavy (non-hydrogen) atoms. The highest BCUT2D eigenvalue weighted by Crippen LogP contribution is 2.58. The van der Waals surface area contributed by atoms with Gasteiger partial charge in [-0.3, -0.25) is 0 Å². The van der Waals surface area contributed by atoms with Crippen LogP contribution in [0.5, 0.6) is 0 Å². The normalized spacial score (nSPS) is 57.6. The number of fused-ring (bicyclic) bond motifs is 4. The molecule has 7 atom stereocenters. The van der Waals surface area contributed by atoms with Gasteiger partial charge in [0.15, 0.2) is 0 Å². The molecule has 0 N–H and O–H groups in total. The van der Waals surface area contributed by atoms with E-state index in [1.54, 1.807) is 51.4 Å². The lowest BCUT2D eigenvalue weighted by Gasteiger charge is -2.29. The molecular weight excluding hydrogens is 199 g/mol. The second kappa shape index (κ2) is 3.46. The van der Waals surface area contributed by atoms with Crippen molar-refractivity contribution in [2.75, 3.05) is 0 Å². The zero-order chi connectivity index (χ0) is 9.83. The van der Waals surface area contributed by atoms with Crippen molar-refractivity contribution in [3.05, 3.63) is 0 Å². The number of rotatable bonds is 2. The third-order valence-corrected chi connectivity index (χ3v) is 8.17.